The van der Waals surface area contributed by atoms with Gasteiger partial charge in [-0.25, -0.2) is 5.01 Å². The van der Waals surface area contributed by atoms with Crippen LogP contribution in [-0.4, -0.2) is 26.7 Å². The van der Waals surface area contributed by atoms with E-state index in [1.165, 1.54) is 16.3 Å². The van der Waals surface area contributed by atoms with E-state index in [1.807, 2.05) is 30.3 Å². The summed E-state index contributed by atoms with van der Waals surface area (Å²) < 4.78 is 0. The van der Waals surface area contributed by atoms with E-state index in [-0.39, 0.29) is 17.7 Å². The summed E-state index contributed by atoms with van der Waals surface area (Å²) in [4.78, 5) is 18.8. The van der Waals surface area contributed by atoms with Crippen molar-refractivity contribution in [2.75, 3.05) is 0 Å². The smallest absolute Gasteiger partial charge is 0.284 e. The number of aromatic nitrogens is 1. The SMILES string of the molecule is NCc1ccc(C(=O)N2N=C(c3cccnc3)CC2c2ccccc2O)s1. The summed E-state index contributed by atoms with van der Waals surface area (Å²) in [7, 11) is 0. The van der Waals surface area contributed by atoms with Crippen molar-refractivity contribution in [1.82, 2.24) is 9.99 Å². The molecule has 4 rings (SSSR count). The van der Waals surface area contributed by atoms with E-state index in [0.29, 0.717) is 23.4 Å². The van der Waals surface area contributed by atoms with Gasteiger partial charge in [0.05, 0.1) is 16.6 Å². The lowest BCUT2D eigenvalue weighted by Crippen LogP contribution is -2.26. The summed E-state index contributed by atoms with van der Waals surface area (Å²) >= 11 is 1.37. The largest absolute Gasteiger partial charge is 0.508 e. The molecule has 0 bridgehead atoms. The van der Waals surface area contributed by atoms with Gasteiger partial charge < -0.3 is 10.8 Å². The lowest BCUT2D eigenvalue weighted by Gasteiger charge is -2.22. The van der Waals surface area contributed by atoms with Crippen LogP contribution in [0.3, 0.4) is 0 Å². The minimum absolute atomic E-state index is 0.150. The molecule has 3 N–H and O–H groups in total. The van der Waals surface area contributed by atoms with Crippen molar-refractivity contribution in [2.45, 2.75) is 19.0 Å². The first-order valence-corrected chi connectivity index (χ1v) is 9.37. The first kappa shape index (κ1) is 17.4. The van der Waals surface area contributed by atoms with Crippen LogP contribution >= 0.6 is 11.3 Å². The van der Waals surface area contributed by atoms with Gasteiger partial charge in [0.1, 0.15) is 5.75 Å². The number of phenolic OH excluding ortho intramolecular Hbond substituents is 1. The first-order chi connectivity index (χ1) is 13.2. The van der Waals surface area contributed by atoms with Crippen LogP contribution in [0.25, 0.3) is 0 Å². The maximum absolute atomic E-state index is 13.1. The molecule has 0 aliphatic carbocycles. The summed E-state index contributed by atoms with van der Waals surface area (Å²) in [5.41, 5.74) is 7.97. The molecule has 1 aliphatic rings. The average molecular weight is 378 g/mol. The fourth-order valence-corrected chi connectivity index (χ4v) is 3.95. The van der Waals surface area contributed by atoms with Crippen LogP contribution in [0, 0.1) is 0 Å². The predicted molar refractivity (Wildman–Crippen MR) is 105 cm³/mol. The number of hydrogen-bond donors (Lipinski definition) is 2. The summed E-state index contributed by atoms with van der Waals surface area (Å²) in [5, 5.41) is 16.4. The van der Waals surface area contributed by atoms with Gasteiger partial charge in [-0.1, -0.05) is 24.3 Å². The zero-order chi connectivity index (χ0) is 18.8. The van der Waals surface area contributed by atoms with Gasteiger partial charge in [0.25, 0.3) is 5.91 Å². The molecule has 3 heterocycles. The number of para-hydroxylation sites is 1. The Morgan fingerprint density at radius 3 is 2.78 bits per heavy atom. The molecule has 3 aromatic rings. The minimum Gasteiger partial charge on any atom is -0.508 e. The highest BCUT2D eigenvalue weighted by molar-refractivity contribution is 7.14. The lowest BCUT2D eigenvalue weighted by atomic mass is 9.98. The molecule has 0 saturated carbocycles. The maximum atomic E-state index is 13.1. The van der Waals surface area contributed by atoms with Gasteiger partial charge in [-0.15, -0.1) is 11.3 Å². The Morgan fingerprint density at radius 1 is 1.22 bits per heavy atom. The summed E-state index contributed by atoms with van der Waals surface area (Å²) in [6.07, 6.45) is 3.93. The molecule has 6 nitrogen and oxygen atoms in total. The zero-order valence-corrected chi connectivity index (χ0v) is 15.3. The van der Waals surface area contributed by atoms with E-state index in [1.54, 1.807) is 30.6 Å². The van der Waals surface area contributed by atoms with Crippen LogP contribution in [0.15, 0.2) is 66.0 Å². The number of phenols is 1. The number of hydrogen-bond acceptors (Lipinski definition) is 6. The number of rotatable bonds is 4. The monoisotopic (exact) mass is 378 g/mol. The third-order valence-corrected chi connectivity index (χ3v) is 5.58. The van der Waals surface area contributed by atoms with E-state index < -0.39 is 0 Å². The number of amides is 1. The molecule has 0 spiro atoms. The van der Waals surface area contributed by atoms with Crippen molar-refractivity contribution in [2.24, 2.45) is 10.8 Å². The van der Waals surface area contributed by atoms with Gasteiger partial charge in [-0.3, -0.25) is 9.78 Å². The molecule has 1 aliphatic heterocycles. The molecular formula is C20H18N4O2S. The topological polar surface area (TPSA) is 91.8 Å². The number of hydrazone groups is 1. The molecule has 1 aromatic carbocycles. The van der Waals surface area contributed by atoms with E-state index in [9.17, 15) is 9.90 Å². The molecule has 0 fully saturated rings. The molecule has 2 aromatic heterocycles. The van der Waals surface area contributed by atoms with Crippen LogP contribution in [0.1, 0.15) is 38.1 Å². The van der Waals surface area contributed by atoms with Crippen LogP contribution in [0.4, 0.5) is 0 Å². The number of carbonyl (C=O) groups excluding carboxylic acids is 1. The van der Waals surface area contributed by atoms with Crippen LogP contribution in [0.5, 0.6) is 5.75 Å². The Balaban J connectivity index is 1.74. The van der Waals surface area contributed by atoms with E-state index in [2.05, 4.69) is 10.1 Å². The number of thiophene rings is 1. The number of carbonyl (C=O) groups is 1. The van der Waals surface area contributed by atoms with Crippen LogP contribution < -0.4 is 5.73 Å². The Labute approximate surface area is 160 Å². The molecule has 0 radical (unpaired) electrons. The van der Waals surface area contributed by atoms with Gasteiger partial charge in [-0.2, -0.15) is 5.10 Å². The van der Waals surface area contributed by atoms with Gasteiger partial charge in [0, 0.05) is 41.4 Å². The van der Waals surface area contributed by atoms with Gasteiger partial charge in [0.2, 0.25) is 0 Å². The molecule has 27 heavy (non-hydrogen) atoms. The van der Waals surface area contributed by atoms with Crippen molar-refractivity contribution >= 4 is 23.0 Å². The highest BCUT2D eigenvalue weighted by Crippen LogP contribution is 2.38. The summed E-state index contributed by atoms with van der Waals surface area (Å²) in [5.74, 6) is -0.0522. The second-order valence-electron chi connectivity index (χ2n) is 6.19. The molecular weight excluding hydrogens is 360 g/mol. The van der Waals surface area contributed by atoms with Crippen LogP contribution in [-0.2, 0) is 6.54 Å². The number of pyridine rings is 1. The van der Waals surface area contributed by atoms with Crippen molar-refractivity contribution in [1.29, 1.82) is 0 Å². The zero-order valence-electron chi connectivity index (χ0n) is 14.4. The third kappa shape index (κ3) is 3.34. The molecule has 7 heteroatoms. The van der Waals surface area contributed by atoms with Crippen LogP contribution in [0.2, 0.25) is 0 Å². The quantitative estimate of drug-likeness (QED) is 0.729. The Kier molecular flexibility index (Phi) is 4.70. The van der Waals surface area contributed by atoms with E-state index >= 15 is 0 Å². The number of nitrogens with zero attached hydrogens (tertiary/aromatic N) is 3. The van der Waals surface area contributed by atoms with E-state index in [4.69, 9.17) is 5.73 Å². The second kappa shape index (κ2) is 7.30. The normalized spacial score (nSPS) is 16.4. The lowest BCUT2D eigenvalue weighted by molar-refractivity contribution is 0.0714. The standard InChI is InChI=1S/C20H18N4O2S/c21-11-14-7-8-19(27-14)20(26)24-17(15-5-1-2-6-18(15)25)10-16(23-24)13-4-3-9-22-12-13/h1-9,12,17,25H,10-11,21H2. The fraction of sp³-hybridized carbons (Fsp3) is 0.150. The van der Waals surface area contributed by atoms with Gasteiger partial charge in [-0.05, 0) is 24.3 Å². The van der Waals surface area contributed by atoms with Crippen molar-refractivity contribution in [3.05, 3.63) is 81.8 Å². The molecule has 1 amide bonds. The van der Waals surface area contributed by atoms with Gasteiger partial charge in [0.15, 0.2) is 0 Å². The Bertz CT molecular complexity index is 1000. The summed E-state index contributed by atoms with van der Waals surface area (Å²) in [6.45, 7) is 0.394. The molecule has 136 valence electrons. The molecule has 1 atom stereocenters. The maximum Gasteiger partial charge on any atom is 0.284 e. The Hall–Kier alpha value is -3.03. The predicted octanol–water partition coefficient (Wildman–Crippen LogP) is 3.30. The second-order valence-corrected chi connectivity index (χ2v) is 7.36. The molecule has 0 saturated heterocycles. The highest BCUT2D eigenvalue weighted by Gasteiger charge is 2.35. The summed E-state index contributed by atoms with van der Waals surface area (Å²) in [6, 6.07) is 14.1. The van der Waals surface area contributed by atoms with Crippen molar-refractivity contribution < 1.29 is 9.90 Å². The number of benzene rings is 1. The molecule has 1 unspecified atom stereocenters. The van der Waals surface area contributed by atoms with Crippen molar-refractivity contribution in [3.8, 4) is 5.75 Å². The fourth-order valence-electron chi connectivity index (χ4n) is 3.13. The number of aromatic hydroxyl groups is 1. The first-order valence-electron chi connectivity index (χ1n) is 8.55. The number of nitrogens with two attached hydrogens (primary N) is 1. The highest BCUT2D eigenvalue weighted by atomic mass is 32.1. The van der Waals surface area contributed by atoms with Crippen molar-refractivity contribution in [3.63, 3.8) is 0 Å². The Morgan fingerprint density at radius 2 is 2.07 bits per heavy atom. The minimum atomic E-state index is -0.377. The van der Waals surface area contributed by atoms with E-state index in [0.717, 1.165) is 16.2 Å². The average Bonchev–Trinajstić information content (AvgIpc) is 3.36. The van der Waals surface area contributed by atoms with Gasteiger partial charge >= 0.3 is 0 Å². The third-order valence-electron chi connectivity index (χ3n) is 4.48.